The van der Waals surface area contributed by atoms with Gasteiger partial charge in [-0.1, -0.05) is 41.9 Å². The summed E-state index contributed by atoms with van der Waals surface area (Å²) in [6, 6.07) is 12.1. The molecule has 0 saturated carbocycles. The monoisotopic (exact) mass is 486 g/mol. The Morgan fingerprint density at radius 1 is 1.09 bits per heavy atom. The summed E-state index contributed by atoms with van der Waals surface area (Å²) < 4.78 is 36.3. The van der Waals surface area contributed by atoms with Crippen LogP contribution in [-0.4, -0.2) is 39.4 Å². The highest BCUT2D eigenvalue weighted by Crippen LogP contribution is 2.36. The number of halogens is 1. The largest absolute Gasteiger partial charge is 0.351 e. The highest BCUT2D eigenvalue weighted by molar-refractivity contribution is 7.93. The number of hydrogen-bond donors (Lipinski definition) is 0. The number of fused-ring (bicyclic) bond motifs is 2. The minimum Gasteiger partial charge on any atom is -0.351 e. The molecule has 0 N–H and O–H groups in total. The number of aromatic nitrogens is 4. The zero-order chi connectivity index (χ0) is 23.2. The number of hydrogen-bond acceptors (Lipinski definition) is 8. The van der Waals surface area contributed by atoms with Crippen LogP contribution in [0.2, 0.25) is 5.15 Å². The minimum absolute atomic E-state index is 0.0920. The average Bonchev–Trinajstić information content (AvgIpc) is 3.15. The predicted molar refractivity (Wildman–Crippen MR) is 118 cm³/mol. The number of benzene rings is 2. The van der Waals surface area contributed by atoms with Gasteiger partial charge in [-0.25, -0.2) is 23.4 Å². The molecule has 3 heterocycles. The highest BCUT2D eigenvalue weighted by Gasteiger charge is 2.37. The summed E-state index contributed by atoms with van der Waals surface area (Å²) >= 11 is 6.26. The Kier molecular flexibility index (Phi) is 5.19. The van der Waals surface area contributed by atoms with E-state index in [0.29, 0.717) is 22.4 Å². The fourth-order valence-electron chi connectivity index (χ4n) is 3.75. The van der Waals surface area contributed by atoms with Crippen molar-refractivity contribution in [2.45, 2.75) is 17.7 Å². The van der Waals surface area contributed by atoms with Crippen LogP contribution in [0, 0.1) is 10.1 Å². The maximum absolute atomic E-state index is 13.8. The summed E-state index contributed by atoms with van der Waals surface area (Å²) in [5.41, 5.74) is 1.17. The molecule has 2 aromatic carbocycles. The number of anilines is 1. The first-order valence-electron chi connectivity index (χ1n) is 9.66. The van der Waals surface area contributed by atoms with Gasteiger partial charge in [-0.15, -0.1) is 0 Å². The standard InChI is InChI=1S/C20H15ClN6O5S/c21-19-18-20(23-11-22-19)24-12-25(18)17-9-26(14-6-2-1-5-13(14)10-32-17)33(30,31)16-8-4-3-7-15(16)27(28)29/h1-8,11-12,17H,9-10H2. The first-order chi connectivity index (χ1) is 15.9. The van der Waals surface area contributed by atoms with Gasteiger partial charge in [-0.2, -0.15) is 0 Å². The molecular formula is C20H15ClN6O5S. The second kappa shape index (κ2) is 8.06. The van der Waals surface area contributed by atoms with Crippen LogP contribution < -0.4 is 4.31 Å². The van der Waals surface area contributed by atoms with Gasteiger partial charge >= 0.3 is 0 Å². The number of ether oxygens (including phenoxy) is 1. The molecule has 0 spiro atoms. The van der Waals surface area contributed by atoms with E-state index in [0.717, 1.165) is 10.4 Å². The molecule has 0 aliphatic carbocycles. The molecule has 1 unspecified atom stereocenters. The molecule has 1 atom stereocenters. The van der Waals surface area contributed by atoms with Crippen molar-refractivity contribution in [2.75, 3.05) is 10.8 Å². The third kappa shape index (κ3) is 3.57. The van der Waals surface area contributed by atoms with Crippen LogP contribution in [0.4, 0.5) is 11.4 Å². The van der Waals surface area contributed by atoms with Crippen molar-refractivity contribution in [1.82, 2.24) is 19.5 Å². The number of sulfonamides is 1. The zero-order valence-corrected chi connectivity index (χ0v) is 18.3. The van der Waals surface area contributed by atoms with Gasteiger partial charge in [0.2, 0.25) is 0 Å². The SMILES string of the molecule is O=[N+]([O-])c1ccccc1S(=O)(=O)N1CC(n2cnc3ncnc(Cl)c32)OCc2ccccc21. The zero-order valence-electron chi connectivity index (χ0n) is 16.8. The van der Waals surface area contributed by atoms with Crippen LogP contribution in [0.3, 0.4) is 0 Å². The summed E-state index contributed by atoms with van der Waals surface area (Å²) in [6.45, 7) is -0.100. The van der Waals surface area contributed by atoms with E-state index < -0.39 is 31.8 Å². The molecule has 0 fully saturated rings. The lowest BCUT2D eigenvalue weighted by Gasteiger charge is -2.27. The Bertz CT molecular complexity index is 1490. The van der Waals surface area contributed by atoms with Gasteiger partial charge in [0.05, 0.1) is 30.1 Å². The topological polar surface area (TPSA) is 133 Å². The summed E-state index contributed by atoms with van der Waals surface area (Å²) in [6.07, 6.45) is 1.86. The van der Waals surface area contributed by atoms with Crippen molar-refractivity contribution in [3.8, 4) is 0 Å². The van der Waals surface area contributed by atoms with E-state index in [9.17, 15) is 18.5 Å². The molecule has 2 aromatic heterocycles. The molecule has 11 nitrogen and oxygen atoms in total. The van der Waals surface area contributed by atoms with Crippen molar-refractivity contribution in [3.05, 3.63) is 82.0 Å². The molecule has 0 radical (unpaired) electrons. The van der Waals surface area contributed by atoms with Crippen LogP contribution in [0.15, 0.2) is 66.1 Å². The molecule has 1 aliphatic heterocycles. The third-order valence-corrected chi connectivity index (χ3v) is 7.38. The van der Waals surface area contributed by atoms with Gasteiger partial charge in [0.1, 0.15) is 11.8 Å². The van der Waals surface area contributed by atoms with Gasteiger partial charge in [0.15, 0.2) is 21.9 Å². The summed E-state index contributed by atoms with van der Waals surface area (Å²) in [5, 5.41) is 11.7. The van der Waals surface area contributed by atoms with Crippen LogP contribution >= 0.6 is 11.6 Å². The van der Waals surface area contributed by atoms with Gasteiger partial charge < -0.3 is 4.74 Å². The van der Waals surface area contributed by atoms with Crippen LogP contribution in [0.5, 0.6) is 0 Å². The number of nitro benzene ring substituents is 1. The van der Waals surface area contributed by atoms with Crippen molar-refractivity contribution in [3.63, 3.8) is 0 Å². The van der Waals surface area contributed by atoms with E-state index in [-0.39, 0.29) is 18.3 Å². The van der Waals surface area contributed by atoms with E-state index in [2.05, 4.69) is 15.0 Å². The van der Waals surface area contributed by atoms with Crippen molar-refractivity contribution < 1.29 is 18.1 Å². The van der Waals surface area contributed by atoms with E-state index >= 15 is 0 Å². The number of nitrogens with zero attached hydrogens (tertiary/aromatic N) is 6. The number of para-hydroxylation sites is 2. The lowest BCUT2D eigenvalue weighted by atomic mass is 10.2. The number of imidazole rings is 1. The fraction of sp³-hybridized carbons (Fsp3) is 0.150. The molecule has 0 amide bonds. The molecule has 5 rings (SSSR count). The molecule has 0 bridgehead atoms. The maximum Gasteiger partial charge on any atom is 0.289 e. The second-order valence-corrected chi connectivity index (χ2v) is 9.33. The lowest BCUT2D eigenvalue weighted by molar-refractivity contribution is -0.387. The maximum atomic E-state index is 13.8. The summed E-state index contributed by atoms with van der Waals surface area (Å²) in [7, 11) is -4.35. The van der Waals surface area contributed by atoms with Gasteiger partial charge in [0, 0.05) is 11.6 Å². The fourth-order valence-corrected chi connectivity index (χ4v) is 5.64. The predicted octanol–water partition coefficient (Wildman–Crippen LogP) is 3.31. The van der Waals surface area contributed by atoms with Crippen molar-refractivity contribution in [2.24, 2.45) is 0 Å². The smallest absolute Gasteiger partial charge is 0.289 e. The van der Waals surface area contributed by atoms with Gasteiger partial charge in [0.25, 0.3) is 15.7 Å². The van der Waals surface area contributed by atoms with Crippen molar-refractivity contribution in [1.29, 1.82) is 0 Å². The normalized spacial score (nSPS) is 16.4. The van der Waals surface area contributed by atoms with Crippen molar-refractivity contribution >= 4 is 44.2 Å². The van der Waals surface area contributed by atoms with Crippen LogP contribution in [-0.2, 0) is 21.4 Å². The summed E-state index contributed by atoms with van der Waals surface area (Å²) in [4.78, 5) is 22.7. The Balaban J connectivity index is 1.67. The first-order valence-corrected chi connectivity index (χ1v) is 11.5. The molecule has 0 saturated heterocycles. The van der Waals surface area contributed by atoms with Gasteiger partial charge in [-0.3, -0.25) is 19.0 Å². The molecule has 33 heavy (non-hydrogen) atoms. The Labute approximate surface area is 192 Å². The molecule has 13 heteroatoms. The highest BCUT2D eigenvalue weighted by atomic mass is 35.5. The Morgan fingerprint density at radius 2 is 1.85 bits per heavy atom. The molecular weight excluding hydrogens is 472 g/mol. The minimum atomic E-state index is -4.35. The lowest BCUT2D eigenvalue weighted by Crippen LogP contribution is -2.36. The molecule has 4 aromatic rings. The second-order valence-electron chi connectivity index (χ2n) is 7.14. The van der Waals surface area contributed by atoms with E-state index in [4.69, 9.17) is 16.3 Å². The number of rotatable bonds is 4. The molecule has 1 aliphatic rings. The van der Waals surface area contributed by atoms with E-state index in [1.54, 1.807) is 28.8 Å². The summed E-state index contributed by atoms with van der Waals surface area (Å²) in [5.74, 6) is 0. The Hall–Kier alpha value is -3.61. The third-order valence-electron chi connectivity index (χ3n) is 5.27. The van der Waals surface area contributed by atoms with Crippen LogP contribution in [0.25, 0.3) is 11.2 Å². The quantitative estimate of drug-likeness (QED) is 0.243. The molecule has 168 valence electrons. The Morgan fingerprint density at radius 3 is 2.67 bits per heavy atom. The van der Waals surface area contributed by atoms with E-state index in [1.165, 1.54) is 30.9 Å². The van der Waals surface area contributed by atoms with Crippen LogP contribution in [0.1, 0.15) is 11.8 Å². The number of nitro groups is 1. The van der Waals surface area contributed by atoms with E-state index in [1.807, 2.05) is 0 Å². The average molecular weight is 487 g/mol. The first kappa shape index (κ1) is 21.2. The van der Waals surface area contributed by atoms with Gasteiger partial charge in [-0.05, 0) is 12.1 Å².